The van der Waals surface area contributed by atoms with E-state index in [1.807, 2.05) is 12.1 Å². The lowest BCUT2D eigenvalue weighted by atomic mass is 9.94. The molecule has 0 aromatic heterocycles. The number of hydrogen-bond acceptors (Lipinski definition) is 2. The highest BCUT2D eigenvalue weighted by Crippen LogP contribution is 2.37. The average Bonchev–Trinajstić information content (AvgIpc) is 2.46. The molecule has 3 heteroatoms. The number of allylic oxidation sites excluding steroid dienone is 1. The van der Waals surface area contributed by atoms with Crippen molar-refractivity contribution < 1.29 is 14.6 Å². The van der Waals surface area contributed by atoms with Gasteiger partial charge in [-0.05, 0) is 41.3 Å². The second-order valence-corrected chi connectivity index (χ2v) is 4.99. The molecule has 0 atom stereocenters. The molecule has 1 aliphatic rings. The SMILES string of the molecule is CCCc1c2c(cc3ccccc13)CC=C(C(=O)O)O2. The lowest BCUT2D eigenvalue weighted by Gasteiger charge is -2.21. The zero-order chi connectivity index (χ0) is 14.1. The fraction of sp³-hybridized carbons (Fsp3) is 0.235. The van der Waals surface area contributed by atoms with Crippen LogP contribution in [0.4, 0.5) is 0 Å². The van der Waals surface area contributed by atoms with Crippen LogP contribution in [-0.4, -0.2) is 11.1 Å². The van der Waals surface area contributed by atoms with E-state index in [0.29, 0.717) is 6.42 Å². The molecule has 3 nitrogen and oxygen atoms in total. The van der Waals surface area contributed by atoms with Crippen LogP contribution in [0.1, 0.15) is 24.5 Å². The van der Waals surface area contributed by atoms with Crippen LogP contribution in [-0.2, 0) is 17.6 Å². The van der Waals surface area contributed by atoms with E-state index in [2.05, 4.69) is 25.1 Å². The molecule has 0 saturated carbocycles. The molecule has 0 bridgehead atoms. The van der Waals surface area contributed by atoms with Crippen LogP contribution in [0.5, 0.6) is 5.75 Å². The second-order valence-electron chi connectivity index (χ2n) is 4.99. The van der Waals surface area contributed by atoms with Crippen molar-refractivity contribution in [3.8, 4) is 5.75 Å². The van der Waals surface area contributed by atoms with Gasteiger partial charge in [0.2, 0.25) is 5.76 Å². The largest absolute Gasteiger partial charge is 0.475 e. The molecule has 0 radical (unpaired) electrons. The summed E-state index contributed by atoms with van der Waals surface area (Å²) in [7, 11) is 0. The zero-order valence-electron chi connectivity index (χ0n) is 11.3. The predicted molar refractivity (Wildman–Crippen MR) is 78.0 cm³/mol. The maximum absolute atomic E-state index is 11.1. The van der Waals surface area contributed by atoms with E-state index in [0.717, 1.165) is 35.1 Å². The molecule has 0 amide bonds. The monoisotopic (exact) mass is 268 g/mol. The van der Waals surface area contributed by atoms with E-state index in [9.17, 15) is 4.79 Å². The van der Waals surface area contributed by atoms with Crippen molar-refractivity contribution in [1.29, 1.82) is 0 Å². The molecule has 0 unspecified atom stereocenters. The number of hydrogen-bond donors (Lipinski definition) is 1. The highest BCUT2D eigenvalue weighted by Gasteiger charge is 2.22. The highest BCUT2D eigenvalue weighted by atomic mass is 16.5. The number of benzene rings is 2. The summed E-state index contributed by atoms with van der Waals surface area (Å²) in [5.74, 6) is -0.234. The minimum absolute atomic E-state index is 0.0325. The van der Waals surface area contributed by atoms with Crippen molar-refractivity contribution in [2.24, 2.45) is 0 Å². The van der Waals surface area contributed by atoms with Crippen molar-refractivity contribution >= 4 is 16.7 Å². The van der Waals surface area contributed by atoms with E-state index in [-0.39, 0.29) is 5.76 Å². The predicted octanol–water partition coefficient (Wildman–Crippen LogP) is 3.70. The van der Waals surface area contributed by atoms with Crippen LogP contribution in [0.25, 0.3) is 10.8 Å². The van der Waals surface area contributed by atoms with E-state index in [4.69, 9.17) is 9.84 Å². The molecule has 0 fully saturated rings. The Morgan fingerprint density at radius 1 is 1.35 bits per heavy atom. The van der Waals surface area contributed by atoms with Crippen LogP contribution in [0.2, 0.25) is 0 Å². The van der Waals surface area contributed by atoms with Gasteiger partial charge in [-0.2, -0.15) is 0 Å². The number of fused-ring (bicyclic) bond motifs is 2. The molecular formula is C17H16O3. The van der Waals surface area contributed by atoms with E-state index in [1.54, 1.807) is 6.08 Å². The van der Waals surface area contributed by atoms with Crippen molar-refractivity contribution in [3.63, 3.8) is 0 Å². The summed E-state index contributed by atoms with van der Waals surface area (Å²) >= 11 is 0. The first-order valence-corrected chi connectivity index (χ1v) is 6.85. The molecular weight excluding hydrogens is 252 g/mol. The van der Waals surface area contributed by atoms with Crippen molar-refractivity contribution in [1.82, 2.24) is 0 Å². The topological polar surface area (TPSA) is 46.5 Å². The third-order valence-electron chi connectivity index (χ3n) is 3.61. The highest BCUT2D eigenvalue weighted by molar-refractivity contribution is 5.91. The third-order valence-corrected chi connectivity index (χ3v) is 3.61. The summed E-state index contributed by atoms with van der Waals surface area (Å²) in [6.07, 6.45) is 4.13. The normalized spacial score (nSPS) is 13.6. The summed E-state index contributed by atoms with van der Waals surface area (Å²) < 4.78 is 5.65. The minimum atomic E-state index is -1.01. The Morgan fingerprint density at radius 2 is 2.15 bits per heavy atom. The van der Waals surface area contributed by atoms with Gasteiger partial charge in [0.25, 0.3) is 0 Å². The first kappa shape index (κ1) is 12.7. The minimum Gasteiger partial charge on any atom is -0.475 e. The number of carboxylic acids is 1. The van der Waals surface area contributed by atoms with Crippen LogP contribution in [0.15, 0.2) is 42.2 Å². The molecule has 0 saturated heterocycles. The zero-order valence-corrected chi connectivity index (χ0v) is 11.3. The maximum Gasteiger partial charge on any atom is 0.371 e. The summed E-state index contributed by atoms with van der Waals surface area (Å²) in [5.41, 5.74) is 2.18. The van der Waals surface area contributed by atoms with E-state index >= 15 is 0 Å². The standard InChI is InChI=1S/C17H16O3/c1-2-5-14-13-7-4-3-6-11(13)10-12-8-9-15(17(18)19)20-16(12)14/h3-4,6-7,9-10H,2,5,8H2,1H3,(H,18,19). The molecule has 0 spiro atoms. The fourth-order valence-corrected chi connectivity index (χ4v) is 2.73. The first-order valence-electron chi connectivity index (χ1n) is 6.85. The fourth-order valence-electron chi connectivity index (χ4n) is 2.73. The number of carboxylic acid groups (broad SMARTS) is 1. The number of ether oxygens (including phenoxy) is 1. The Bertz CT molecular complexity index is 713. The smallest absolute Gasteiger partial charge is 0.371 e. The quantitative estimate of drug-likeness (QED) is 0.923. The van der Waals surface area contributed by atoms with Gasteiger partial charge in [0.05, 0.1) is 0 Å². The van der Waals surface area contributed by atoms with Crippen molar-refractivity contribution in [2.75, 3.05) is 0 Å². The molecule has 1 aliphatic heterocycles. The Morgan fingerprint density at radius 3 is 2.90 bits per heavy atom. The lowest BCUT2D eigenvalue weighted by molar-refractivity contribution is -0.135. The Kier molecular flexibility index (Phi) is 3.18. The average molecular weight is 268 g/mol. The van der Waals surface area contributed by atoms with Gasteiger partial charge in [-0.15, -0.1) is 0 Å². The van der Waals surface area contributed by atoms with Gasteiger partial charge in [0, 0.05) is 5.56 Å². The Balaban J connectivity index is 2.21. The molecule has 1 N–H and O–H groups in total. The lowest BCUT2D eigenvalue weighted by Crippen LogP contribution is -2.14. The van der Waals surface area contributed by atoms with E-state index in [1.165, 1.54) is 5.39 Å². The van der Waals surface area contributed by atoms with E-state index < -0.39 is 5.97 Å². The first-order chi connectivity index (χ1) is 9.70. The van der Waals surface area contributed by atoms with Crippen LogP contribution in [0.3, 0.4) is 0 Å². The molecule has 20 heavy (non-hydrogen) atoms. The van der Waals surface area contributed by atoms with Gasteiger partial charge in [0.1, 0.15) is 5.75 Å². The van der Waals surface area contributed by atoms with Gasteiger partial charge >= 0.3 is 5.97 Å². The van der Waals surface area contributed by atoms with Gasteiger partial charge in [-0.1, -0.05) is 37.6 Å². The molecule has 1 heterocycles. The molecule has 2 aromatic rings. The maximum atomic E-state index is 11.1. The number of aliphatic carboxylic acids is 1. The van der Waals surface area contributed by atoms with Gasteiger partial charge in [-0.25, -0.2) is 4.79 Å². The van der Waals surface area contributed by atoms with Crippen molar-refractivity contribution in [2.45, 2.75) is 26.2 Å². The summed E-state index contributed by atoms with van der Waals surface area (Å²) in [6, 6.07) is 10.3. The summed E-state index contributed by atoms with van der Waals surface area (Å²) in [4.78, 5) is 11.1. The Labute approximate surface area is 117 Å². The van der Waals surface area contributed by atoms with Crippen LogP contribution >= 0.6 is 0 Å². The van der Waals surface area contributed by atoms with Crippen molar-refractivity contribution in [3.05, 3.63) is 53.3 Å². The number of aryl methyl sites for hydroxylation is 1. The summed E-state index contributed by atoms with van der Waals surface area (Å²) in [5, 5.41) is 11.4. The van der Waals surface area contributed by atoms with Crippen LogP contribution < -0.4 is 4.74 Å². The molecule has 3 rings (SSSR count). The van der Waals surface area contributed by atoms with Gasteiger partial charge in [-0.3, -0.25) is 0 Å². The molecule has 0 aliphatic carbocycles. The second kappa shape index (κ2) is 5.00. The third kappa shape index (κ3) is 2.05. The summed E-state index contributed by atoms with van der Waals surface area (Å²) in [6.45, 7) is 2.12. The number of carbonyl (C=O) groups is 1. The van der Waals surface area contributed by atoms with Gasteiger partial charge < -0.3 is 9.84 Å². The van der Waals surface area contributed by atoms with Crippen LogP contribution in [0, 0.1) is 0 Å². The Hall–Kier alpha value is -2.29. The number of rotatable bonds is 3. The molecule has 2 aromatic carbocycles. The van der Waals surface area contributed by atoms with Gasteiger partial charge in [0.15, 0.2) is 0 Å². The molecule has 102 valence electrons.